The monoisotopic (exact) mass is 210 g/mol. The van der Waals surface area contributed by atoms with E-state index in [4.69, 9.17) is 9.52 Å². The van der Waals surface area contributed by atoms with E-state index in [9.17, 15) is 4.79 Å². The lowest BCUT2D eigenvalue weighted by Crippen LogP contribution is -1.95. The lowest BCUT2D eigenvalue weighted by atomic mass is 10.1. The Hall–Kier alpha value is -1.25. The maximum absolute atomic E-state index is 10.8. The van der Waals surface area contributed by atoms with Crippen LogP contribution < -0.4 is 0 Å². The van der Waals surface area contributed by atoms with Gasteiger partial charge in [-0.25, -0.2) is 4.79 Å². The quantitative estimate of drug-likeness (QED) is 0.732. The van der Waals surface area contributed by atoms with Crippen LogP contribution in [0.1, 0.15) is 54.5 Å². The van der Waals surface area contributed by atoms with Crippen molar-refractivity contribution < 1.29 is 14.3 Å². The zero-order valence-corrected chi connectivity index (χ0v) is 9.38. The molecule has 84 valence electrons. The number of hydrogen-bond donors (Lipinski definition) is 1. The largest absolute Gasteiger partial charge is 0.478 e. The van der Waals surface area contributed by atoms with Gasteiger partial charge in [0, 0.05) is 6.42 Å². The van der Waals surface area contributed by atoms with Crippen molar-refractivity contribution in [3.63, 3.8) is 0 Å². The molecule has 0 aliphatic heterocycles. The first kappa shape index (κ1) is 11.8. The lowest BCUT2D eigenvalue weighted by Gasteiger charge is -1.95. The van der Waals surface area contributed by atoms with E-state index in [0.717, 1.165) is 18.6 Å². The summed E-state index contributed by atoms with van der Waals surface area (Å²) in [5, 5.41) is 8.83. The standard InChI is InChI=1S/C12H18O3/c1-3-4-5-6-7-10-8-11(12(13)14)9(2)15-10/h8H,3-7H2,1-2H3,(H,13,14). The molecule has 0 fully saturated rings. The average Bonchev–Trinajstić information content (AvgIpc) is 2.55. The number of aryl methyl sites for hydroxylation is 2. The van der Waals surface area contributed by atoms with Crippen LogP contribution in [0.2, 0.25) is 0 Å². The lowest BCUT2D eigenvalue weighted by molar-refractivity contribution is 0.0695. The number of unbranched alkanes of at least 4 members (excludes halogenated alkanes) is 3. The molecule has 0 aliphatic rings. The number of hydrogen-bond acceptors (Lipinski definition) is 2. The van der Waals surface area contributed by atoms with Crippen LogP contribution in [-0.4, -0.2) is 11.1 Å². The summed E-state index contributed by atoms with van der Waals surface area (Å²) in [5.41, 5.74) is 0.292. The van der Waals surface area contributed by atoms with Gasteiger partial charge in [0.05, 0.1) is 0 Å². The van der Waals surface area contributed by atoms with Crippen LogP contribution >= 0.6 is 0 Å². The molecule has 0 bridgehead atoms. The first-order valence-corrected chi connectivity index (χ1v) is 5.47. The summed E-state index contributed by atoms with van der Waals surface area (Å²) < 4.78 is 5.38. The molecule has 1 rings (SSSR count). The van der Waals surface area contributed by atoms with Gasteiger partial charge in [-0.15, -0.1) is 0 Å². The van der Waals surface area contributed by atoms with Crippen molar-refractivity contribution in [1.29, 1.82) is 0 Å². The van der Waals surface area contributed by atoms with Crippen LogP contribution in [0.5, 0.6) is 0 Å². The van der Waals surface area contributed by atoms with Gasteiger partial charge in [-0.2, -0.15) is 0 Å². The van der Waals surface area contributed by atoms with Gasteiger partial charge in [0.25, 0.3) is 0 Å². The van der Waals surface area contributed by atoms with Gasteiger partial charge in [-0.05, 0) is 19.4 Å². The van der Waals surface area contributed by atoms with E-state index in [1.807, 2.05) is 0 Å². The highest BCUT2D eigenvalue weighted by Gasteiger charge is 2.12. The summed E-state index contributed by atoms with van der Waals surface area (Å²) in [6.07, 6.45) is 5.52. The molecular weight excluding hydrogens is 192 g/mol. The summed E-state index contributed by atoms with van der Waals surface area (Å²) in [5.74, 6) is 0.394. The average molecular weight is 210 g/mol. The molecule has 0 aliphatic carbocycles. The van der Waals surface area contributed by atoms with E-state index in [1.165, 1.54) is 19.3 Å². The summed E-state index contributed by atoms with van der Waals surface area (Å²) in [7, 11) is 0. The zero-order valence-electron chi connectivity index (χ0n) is 9.38. The fraction of sp³-hybridized carbons (Fsp3) is 0.583. The minimum Gasteiger partial charge on any atom is -0.478 e. The van der Waals surface area contributed by atoms with Crippen molar-refractivity contribution in [3.05, 3.63) is 23.2 Å². The highest BCUT2D eigenvalue weighted by atomic mass is 16.4. The molecular formula is C12H18O3. The predicted molar refractivity (Wildman–Crippen MR) is 58.3 cm³/mol. The highest BCUT2D eigenvalue weighted by Crippen LogP contribution is 2.17. The Bertz CT molecular complexity index is 326. The second-order valence-electron chi connectivity index (χ2n) is 3.80. The summed E-state index contributed by atoms with van der Waals surface area (Å²) in [4.78, 5) is 10.8. The number of carbonyl (C=O) groups is 1. The first-order chi connectivity index (χ1) is 7.15. The Morgan fingerprint density at radius 2 is 2.13 bits per heavy atom. The minimum atomic E-state index is -0.906. The molecule has 1 heterocycles. The molecule has 0 saturated heterocycles. The Balaban J connectivity index is 2.48. The maximum Gasteiger partial charge on any atom is 0.339 e. The Morgan fingerprint density at radius 3 is 2.67 bits per heavy atom. The molecule has 15 heavy (non-hydrogen) atoms. The van der Waals surface area contributed by atoms with Gasteiger partial charge in [0.1, 0.15) is 17.1 Å². The molecule has 1 aromatic rings. The fourth-order valence-electron chi connectivity index (χ4n) is 1.61. The predicted octanol–water partition coefficient (Wildman–Crippen LogP) is 3.41. The number of furan rings is 1. The van der Waals surface area contributed by atoms with Crippen molar-refractivity contribution in [1.82, 2.24) is 0 Å². The van der Waals surface area contributed by atoms with Crippen molar-refractivity contribution in [2.45, 2.75) is 46.0 Å². The summed E-state index contributed by atoms with van der Waals surface area (Å²) in [6.45, 7) is 3.86. The third kappa shape index (κ3) is 3.42. The number of carboxylic acids is 1. The van der Waals surface area contributed by atoms with E-state index >= 15 is 0 Å². The van der Waals surface area contributed by atoms with Crippen LogP contribution in [0.4, 0.5) is 0 Å². The van der Waals surface area contributed by atoms with Crippen LogP contribution in [0, 0.1) is 6.92 Å². The Kier molecular flexibility index (Phi) is 4.40. The summed E-state index contributed by atoms with van der Waals surface area (Å²) in [6, 6.07) is 1.64. The van der Waals surface area contributed by atoms with Crippen LogP contribution in [-0.2, 0) is 6.42 Å². The summed E-state index contributed by atoms with van der Waals surface area (Å²) >= 11 is 0. The van der Waals surface area contributed by atoms with Gasteiger partial charge in [0.15, 0.2) is 0 Å². The SMILES string of the molecule is CCCCCCc1cc(C(=O)O)c(C)o1. The molecule has 0 saturated carbocycles. The van der Waals surface area contributed by atoms with E-state index in [2.05, 4.69) is 6.92 Å². The molecule has 0 spiro atoms. The number of rotatable bonds is 6. The van der Waals surface area contributed by atoms with Gasteiger partial charge in [-0.3, -0.25) is 0 Å². The van der Waals surface area contributed by atoms with Crippen molar-refractivity contribution in [2.24, 2.45) is 0 Å². The fourth-order valence-corrected chi connectivity index (χ4v) is 1.61. The van der Waals surface area contributed by atoms with E-state index in [0.29, 0.717) is 11.3 Å². The normalized spacial score (nSPS) is 10.5. The Morgan fingerprint density at radius 1 is 1.40 bits per heavy atom. The second-order valence-corrected chi connectivity index (χ2v) is 3.80. The molecule has 0 unspecified atom stereocenters. The maximum atomic E-state index is 10.8. The van der Waals surface area contributed by atoms with Gasteiger partial charge in [-0.1, -0.05) is 26.2 Å². The molecule has 3 nitrogen and oxygen atoms in total. The molecule has 0 radical (unpaired) electrons. The van der Waals surface area contributed by atoms with Crippen LogP contribution in [0.25, 0.3) is 0 Å². The third-order valence-corrected chi connectivity index (χ3v) is 2.48. The van der Waals surface area contributed by atoms with Crippen molar-refractivity contribution in [2.75, 3.05) is 0 Å². The molecule has 0 aromatic carbocycles. The first-order valence-electron chi connectivity index (χ1n) is 5.47. The van der Waals surface area contributed by atoms with E-state index < -0.39 is 5.97 Å². The minimum absolute atomic E-state index is 0.292. The van der Waals surface area contributed by atoms with Gasteiger partial charge in [0.2, 0.25) is 0 Å². The topological polar surface area (TPSA) is 50.4 Å². The molecule has 0 atom stereocenters. The van der Waals surface area contributed by atoms with Crippen molar-refractivity contribution in [3.8, 4) is 0 Å². The van der Waals surface area contributed by atoms with Gasteiger partial charge < -0.3 is 9.52 Å². The van der Waals surface area contributed by atoms with Crippen LogP contribution in [0.3, 0.4) is 0 Å². The molecule has 0 amide bonds. The molecule has 3 heteroatoms. The highest BCUT2D eigenvalue weighted by molar-refractivity contribution is 5.88. The van der Waals surface area contributed by atoms with Gasteiger partial charge >= 0.3 is 5.97 Å². The van der Waals surface area contributed by atoms with E-state index in [1.54, 1.807) is 13.0 Å². The zero-order chi connectivity index (χ0) is 11.3. The smallest absolute Gasteiger partial charge is 0.339 e. The molecule has 1 N–H and O–H groups in total. The number of aromatic carboxylic acids is 1. The number of carboxylic acid groups (broad SMARTS) is 1. The van der Waals surface area contributed by atoms with Crippen LogP contribution in [0.15, 0.2) is 10.5 Å². The third-order valence-electron chi connectivity index (χ3n) is 2.48. The second kappa shape index (κ2) is 5.59. The molecule has 1 aromatic heterocycles. The Labute approximate surface area is 90.1 Å². The van der Waals surface area contributed by atoms with Crippen molar-refractivity contribution >= 4 is 5.97 Å². The van der Waals surface area contributed by atoms with E-state index in [-0.39, 0.29) is 0 Å².